The highest BCUT2D eigenvalue weighted by Gasteiger charge is 2.31. The fourth-order valence-electron chi connectivity index (χ4n) is 1.31. The van der Waals surface area contributed by atoms with Crippen molar-refractivity contribution >= 4 is 27.9 Å². The fraction of sp³-hybridized carbons (Fsp3) is 0.111. The summed E-state index contributed by atoms with van der Waals surface area (Å²) >= 11 is 3.28. The number of carbonyl (C=O) groups is 2. The molecule has 1 aliphatic rings. The van der Waals surface area contributed by atoms with Gasteiger partial charge in [0.05, 0.1) is 11.1 Å². The van der Waals surface area contributed by atoms with Crippen molar-refractivity contribution in [3.05, 3.63) is 33.3 Å². The van der Waals surface area contributed by atoms with E-state index in [0.717, 1.165) is 10.0 Å². The van der Waals surface area contributed by atoms with Crippen LogP contribution in [0.1, 0.15) is 26.3 Å². The first kappa shape index (κ1) is 8.44. The second-order valence-corrected chi connectivity index (χ2v) is 3.63. The molecule has 0 aromatic heterocycles. The van der Waals surface area contributed by atoms with Crippen LogP contribution in [0.3, 0.4) is 0 Å². The predicted octanol–water partition coefficient (Wildman–Crippen LogP) is 2.07. The number of esters is 2. The summed E-state index contributed by atoms with van der Waals surface area (Å²) < 4.78 is 5.27. The van der Waals surface area contributed by atoms with E-state index in [1.807, 2.05) is 0 Å². The normalized spacial score (nSPS) is 14.3. The van der Waals surface area contributed by atoms with Crippen molar-refractivity contribution in [1.82, 2.24) is 0 Å². The van der Waals surface area contributed by atoms with Gasteiger partial charge in [-0.05, 0) is 24.6 Å². The Balaban J connectivity index is 2.78. The van der Waals surface area contributed by atoms with Gasteiger partial charge in [0.25, 0.3) is 0 Å². The molecule has 13 heavy (non-hydrogen) atoms. The third-order valence-electron chi connectivity index (χ3n) is 2.01. The van der Waals surface area contributed by atoms with E-state index in [1.54, 1.807) is 19.1 Å². The molecule has 0 radical (unpaired) electrons. The number of cyclic esters (lactones) is 2. The smallest absolute Gasteiger partial charge is 0.347 e. The first-order valence-corrected chi connectivity index (χ1v) is 4.46. The minimum absolute atomic E-state index is 0.353. The lowest BCUT2D eigenvalue weighted by molar-refractivity contribution is 0.0443. The van der Waals surface area contributed by atoms with E-state index in [-0.39, 0.29) is 0 Å². The molecule has 1 aliphatic heterocycles. The third-order valence-corrected chi connectivity index (χ3v) is 2.87. The van der Waals surface area contributed by atoms with Crippen LogP contribution >= 0.6 is 15.9 Å². The number of rotatable bonds is 0. The van der Waals surface area contributed by atoms with E-state index < -0.39 is 11.9 Å². The van der Waals surface area contributed by atoms with Crippen LogP contribution in [0.15, 0.2) is 16.6 Å². The molecule has 0 unspecified atom stereocenters. The van der Waals surface area contributed by atoms with Crippen molar-refractivity contribution in [2.75, 3.05) is 0 Å². The Morgan fingerprint density at radius 1 is 1.23 bits per heavy atom. The Morgan fingerprint density at radius 2 is 1.92 bits per heavy atom. The molecular formula is C9H5BrO3. The van der Waals surface area contributed by atoms with Crippen LogP contribution in [0, 0.1) is 6.92 Å². The zero-order valence-electron chi connectivity index (χ0n) is 6.76. The average Bonchev–Trinajstić information content (AvgIpc) is 2.35. The van der Waals surface area contributed by atoms with Gasteiger partial charge in [0.2, 0.25) is 0 Å². The van der Waals surface area contributed by atoms with Gasteiger partial charge in [-0.2, -0.15) is 0 Å². The summed E-state index contributed by atoms with van der Waals surface area (Å²) in [5.74, 6) is -1.12. The predicted molar refractivity (Wildman–Crippen MR) is 48.6 cm³/mol. The van der Waals surface area contributed by atoms with E-state index in [4.69, 9.17) is 0 Å². The van der Waals surface area contributed by atoms with Gasteiger partial charge in [-0.25, -0.2) is 9.59 Å². The molecule has 1 heterocycles. The Hall–Kier alpha value is -1.16. The first-order valence-electron chi connectivity index (χ1n) is 3.67. The van der Waals surface area contributed by atoms with Crippen LogP contribution in [0.5, 0.6) is 0 Å². The highest BCUT2D eigenvalue weighted by atomic mass is 79.9. The van der Waals surface area contributed by atoms with Gasteiger partial charge in [-0.15, -0.1) is 0 Å². The summed E-state index contributed by atoms with van der Waals surface area (Å²) in [7, 11) is 0. The molecule has 4 heteroatoms. The van der Waals surface area contributed by atoms with Crippen LogP contribution in [0.25, 0.3) is 0 Å². The Kier molecular flexibility index (Phi) is 1.73. The summed E-state index contributed by atoms with van der Waals surface area (Å²) in [5, 5.41) is 0. The van der Waals surface area contributed by atoms with E-state index in [1.165, 1.54) is 0 Å². The molecule has 0 bridgehead atoms. The molecule has 3 nitrogen and oxygen atoms in total. The zero-order chi connectivity index (χ0) is 9.59. The maximum atomic E-state index is 11.2. The van der Waals surface area contributed by atoms with Crippen molar-refractivity contribution < 1.29 is 14.3 Å². The SMILES string of the molecule is Cc1c(Br)ccc2c1C(=O)OC2=O. The lowest BCUT2D eigenvalue weighted by Gasteiger charge is -1.99. The van der Waals surface area contributed by atoms with Gasteiger partial charge in [0.15, 0.2) is 0 Å². The summed E-state index contributed by atoms with van der Waals surface area (Å²) in [6, 6.07) is 3.31. The van der Waals surface area contributed by atoms with E-state index in [0.29, 0.717) is 11.1 Å². The van der Waals surface area contributed by atoms with Crippen LogP contribution in [0.4, 0.5) is 0 Å². The molecule has 0 saturated carbocycles. The number of carbonyl (C=O) groups excluding carboxylic acids is 2. The van der Waals surface area contributed by atoms with Gasteiger partial charge in [-0.1, -0.05) is 15.9 Å². The molecule has 0 amide bonds. The Labute approximate surface area is 82.8 Å². The van der Waals surface area contributed by atoms with Gasteiger partial charge in [0, 0.05) is 4.47 Å². The first-order chi connectivity index (χ1) is 6.11. The van der Waals surface area contributed by atoms with Crippen LogP contribution < -0.4 is 0 Å². The molecule has 1 aromatic rings. The highest BCUT2D eigenvalue weighted by molar-refractivity contribution is 9.10. The molecule has 2 rings (SSSR count). The topological polar surface area (TPSA) is 43.4 Å². The summed E-state index contributed by atoms with van der Waals surface area (Å²) in [5.41, 5.74) is 1.47. The van der Waals surface area contributed by atoms with E-state index in [9.17, 15) is 9.59 Å². The van der Waals surface area contributed by atoms with Crippen molar-refractivity contribution in [3.63, 3.8) is 0 Å². The van der Waals surface area contributed by atoms with Crippen LogP contribution in [-0.2, 0) is 4.74 Å². The second-order valence-electron chi connectivity index (χ2n) is 2.77. The van der Waals surface area contributed by atoms with E-state index in [2.05, 4.69) is 20.7 Å². The monoisotopic (exact) mass is 240 g/mol. The maximum Gasteiger partial charge on any atom is 0.347 e. The van der Waals surface area contributed by atoms with Gasteiger partial charge in [-0.3, -0.25) is 0 Å². The number of ether oxygens (including phenoxy) is 1. The molecule has 0 N–H and O–H groups in total. The van der Waals surface area contributed by atoms with Crippen LogP contribution in [0.2, 0.25) is 0 Å². The number of halogens is 1. The lowest BCUT2D eigenvalue weighted by Crippen LogP contribution is -1.98. The number of fused-ring (bicyclic) bond motifs is 1. The van der Waals surface area contributed by atoms with Gasteiger partial charge < -0.3 is 4.74 Å². The molecule has 0 fully saturated rings. The molecule has 0 spiro atoms. The molecule has 1 aromatic carbocycles. The molecule has 0 atom stereocenters. The summed E-state index contributed by atoms with van der Waals surface area (Å²) in [6.07, 6.45) is 0. The molecule has 66 valence electrons. The van der Waals surface area contributed by atoms with Crippen molar-refractivity contribution in [1.29, 1.82) is 0 Å². The minimum Gasteiger partial charge on any atom is -0.386 e. The van der Waals surface area contributed by atoms with Crippen LogP contribution in [-0.4, -0.2) is 11.9 Å². The quantitative estimate of drug-likeness (QED) is 0.515. The lowest BCUT2D eigenvalue weighted by atomic mass is 10.0. The van der Waals surface area contributed by atoms with Crippen molar-refractivity contribution in [2.45, 2.75) is 6.92 Å². The average molecular weight is 241 g/mol. The standard InChI is InChI=1S/C9H5BrO3/c1-4-6(10)3-2-5-7(4)9(12)13-8(5)11/h2-3H,1H3. The molecule has 0 saturated heterocycles. The van der Waals surface area contributed by atoms with E-state index >= 15 is 0 Å². The molecule has 0 aliphatic carbocycles. The molecular weight excluding hydrogens is 236 g/mol. The van der Waals surface area contributed by atoms with Gasteiger partial charge >= 0.3 is 11.9 Å². The zero-order valence-corrected chi connectivity index (χ0v) is 8.34. The second kappa shape index (κ2) is 2.67. The fourth-order valence-corrected chi connectivity index (χ4v) is 1.64. The van der Waals surface area contributed by atoms with Gasteiger partial charge in [0.1, 0.15) is 0 Å². The largest absolute Gasteiger partial charge is 0.386 e. The van der Waals surface area contributed by atoms with Crippen molar-refractivity contribution in [2.24, 2.45) is 0 Å². The highest BCUT2D eigenvalue weighted by Crippen LogP contribution is 2.28. The number of hydrogen-bond donors (Lipinski definition) is 0. The minimum atomic E-state index is -0.560. The Morgan fingerprint density at radius 3 is 2.62 bits per heavy atom. The number of hydrogen-bond acceptors (Lipinski definition) is 3. The Bertz CT molecular complexity index is 423. The third kappa shape index (κ3) is 1.09. The maximum absolute atomic E-state index is 11.2. The summed E-state index contributed by atoms with van der Waals surface area (Å²) in [4.78, 5) is 22.3. The number of benzene rings is 1. The summed E-state index contributed by atoms with van der Waals surface area (Å²) in [6.45, 7) is 1.77. The van der Waals surface area contributed by atoms with Crippen molar-refractivity contribution in [3.8, 4) is 0 Å².